The van der Waals surface area contributed by atoms with E-state index >= 15 is 0 Å². The van der Waals surface area contributed by atoms with Crippen LogP contribution >= 0.6 is 31.9 Å². The van der Waals surface area contributed by atoms with Crippen LogP contribution in [0.15, 0.2) is 45.3 Å². The normalized spacial score (nSPS) is 10.6. The standard InChI is InChI=1S/C15H14Br2FNO/c16-13-3-2-12(8-11(13)5-6-19)20-9-10-1-4-15(18)14(17)7-10/h1-4,7-8H,5-6,9,19H2. The van der Waals surface area contributed by atoms with Crippen LogP contribution in [-0.2, 0) is 13.0 Å². The first-order valence-electron chi connectivity index (χ1n) is 6.15. The van der Waals surface area contributed by atoms with Crippen molar-refractivity contribution in [3.8, 4) is 5.75 Å². The lowest BCUT2D eigenvalue weighted by atomic mass is 10.1. The molecule has 2 aromatic carbocycles. The maximum atomic E-state index is 13.1. The second-order valence-corrected chi connectivity index (χ2v) is 6.04. The summed E-state index contributed by atoms with van der Waals surface area (Å²) in [5, 5.41) is 0. The summed E-state index contributed by atoms with van der Waals surface area (Å²) in [4.78, 5) is 0. The largest absolute Gasteiger partial charge is 0.489 e. The number of halogens is 3. The van der Waals surface area contributed by atoms with Crippen molar-refractivity contribution < 1.29 is 9.13 Å². The molecule has 2 nitrogen and oxygen atoms in total. The molecule has 2 rings (SSSR count). The fourth-order valence-electron chi connectivity index (χ4n) is 1.78. The zero-order valence-electron chi connectivity index (χ0n) is 10.7. The van der Waals surface area contributed by atoms with Crippen LogP contribution in [0.25, 0.3) is 0 Å². The molecule has 0 aliphatic carbocycles. The second kappa shape index (κ2) is 7.20. The number of rotatable bonds is 5. The third kappa shape index (κ3) is 4.04. The highest BCUT2D eigenvalue weighted by Gasteiger charge is 2.04. The molecule has 0 saturated heterocycles. The number of ether oxygens (including phenoxy) is 1. The minimum absolute atomic E-state index is 0.275. The van der Waals surface area contributed by atoms with Crippen LogP contribution in [0.3, 0.4) is 0 Å². The van der Waals surface area contributed by atoms with Crippen molar-refractivity contribution in [3.63, 3.8) is 0 Å². The second-order valence-electron chi connectivity index (χ2n) is 4.33. The molecule has 0 bridgehead atoms. The quantitative estimate of drug-likeness (QED) is 0.802. The summed E-state index contributed by atoms with van der Waals surface area (Å²) < 4.78 is 20.3. The topological polar surface area (TPSA) is 35.2 Å². The smallest absolute Gasteiger partial charge is 0.137 e. The van der Waals surface area contributed by atoms with E-state index in [9.17, 15) is 4.39 Å². The molecule has 0 spiro atoms. The van der Waals surface area contributed by atoms with E-state index in [4.69, 9.17) is 10.5 Å². The van der Waals surface area contributed by atoms with Crippen molar-refractivity contribution in [2.24, 2.45) is 5.73 Å². The zero-order chi connectivity index (χ0) is 14.5. The Hall–Kier alpha value is -0.910. The summed E-state index contributed by atoms with van der Waals surface area (Å²) in [6, 6.07) is 10.7. The summed E-state index contributed by atoms with van der Waals surface area (Å²) in [5.74, 6) is 0.500. The van der Waals surface area contributed by atoms with E-state index in [0.29, 0.717) is 17.6 Å². The molecular weight excluding hydrogens is 389 g/mol. The van der Waals surface area contributed by atoms with Crippen LogP contribution in [-0.4, -0.2) is 6.54 Å². The van der Waals surface area contributed by atoms with E-state index in [1.165, 1.54) is 6.07 Å². The maximum Gasteiger partial charge on any atom is 0.137 e. The first-order valence-corrected chi connectivity index (χ1v) is 7.74. The van der Waals surface area contributed by atoms with Gasteiger partial charge in [0.1, 0.15) is 18.2 Å². The van der Waals surface area contributed by atoms with Gasteiger partial charge in [0.2, 0.25) is 0 Å². The average Bonchev–Trinajstić information content (AvgIpc) is 2.43. The lowest BCUT2D eigenvalue weighted by Gasteiger charge is -2.10. The Morgan fingerprint density at radius 2 is 1.85 bits per heavy atom. The summed E-state index contributed by atoms with van der Waals surface area (Å²) in [7, 11) is 0. The van der Waals surface area contributed by atoms with Gasteiger partial charge >= 0.3 is 0 Å². The first kappa shape index (κ1) is 15.5. The van der Waals surface area contributed by atoms with Gasteiger partial charge in [-0.25, -0.2) is 4.39 Å². The summed E-state index contributed by atoms with van der Waals surface area (Å²) >= 11 is 6.65. The fraction of sp³-hybridized carbons (Fsp3) is 0.200. The Kier molecular flexibility index (Phi) is 5.57. The molecule has 2 aromatic rings. The Labute approximate surface area is 134 Å². The van der Waals surface area contributed by atoms with Crippen LogP contribution in [0, 0.1) is 5.82 Å². The molecule has 0 aliphatic rings. The van der Waals surface area contributed by atoms with Gasteiger partial charge in [-0.05, 0) is 70.4 Å². The first-order chi connectivity index (χ1) is 9.60. The van der Waals surface area contributed by atoms with Gasteiger partial charge in [-0.1, -0.05) is 22.0 Å². The molecule has 0 heterocycles. The van der Waals surface area contributed by atoms with Gasteiger partial charge in [0.05, 0.1) is 4.47 Å². The molecule has 0 amide bonds. The van der Waals surface area contributed by atoms with Gasteiger partial charge in [-0.3, -0.25) is 0 Å². The molecule has 0 aliphatic heterocycles. The molecule has 5 heteroatoms. The van der Waals surface area contributed by atoms with E-state index in [1.54, 1.807) is 12.1 Å². The van der Waals surface area contributed by atoms with Crippen LogP contribution in [0.4, 0.5) is 4.39 Å². The third-order valence-corrected chi connectivity index (χ3v) is 4.20. The molecule has 0 aromatic heterocycles. The highest BCUT2D eigenvalue weighted by atomic mass is 79.9. The van der Waals surface area contributed by atoms with Gasteiger partial charge in [0.15, 0.2) is 0 Å². The molecule has 106 valence electrons. The van der Waals surface area contributed by atoms with Crippen molar-refractivity contribution >= 4 is 31.9 Å². The molecule has 0 radical (unpaired) electrons. The van der Waals surface area contributed by atoms with Crippen LogP contribution < -0.4 is 10.5 Å². The van der Waals surface area contributed by atoms with Crippen molar-refractivity contribution in [1.29, 1.82) is 0 Å². The predicted molar refractivity (Wildman–Crippen MR) is 85.3 cm³/mol. The lowest BCUT2D eigenvalue weighted by molar-refractivity contribution is 0.305. The van der Waals surface area contributed by atoms with Gasteiger partial charge < -0.3 is 10.5 Å². The van der Waals surface area contributed by atoms with E-state index in [2.05, 4.69) is 31.9 Å². The molecule has 0 fully saturated rings. The molecular formula is C15H14Br2FNO. The summed E-state index contributed by atoms with van der Waals surface area (Å²) in [5.41, 5.74) is 7.59. The molecule has 0 atom stereocenters. The van der Waals surface area contributed by atoms with Gasteiger partial charge in [-0.2, -0.15) is 0 Å². The Bertz CT molecular complexity index is 604. The van der Waals surface area contributed by atoms with E-state index in [1.807, 2.05) is 18.2 Å². The van der Waals surface area contributed by atoms with Crippen LogP contribution in [0.2, 0.25) is 0 Å². The van der Waals surface area contributed by atoms with Crippen LogP contribution in [0.1, 0.15) is 11.1 Å². The predicted octanol–water partition coefficient (Wildman–Crippen LogP) is 4.43. The number of hydrogen-bond acceptors (Lipinski definition) is 2. The van der Waals surface area contributed by atoms with E-state index in [0.717, 1.165) is 27.8 Å². The third-order valence-electron chi connectivity index (χ3n) is 2.82. The van der Waals surface area contributed by atoms with Crippen molar-refractivity contribution in [3.05, 3.63) is 62.3 Å². The highest BCUT2D eigenvalue weighted by Crippen LogP contribution is 2.24. The van der Waals surface area contributed by atoms with Crippen molar-refractivity contribution in [2.45, 2.75) is 13.0 Å². The van der Waals surface area contributed by atoms with Crippen molar-refractivity contribution in [2.75, 3.05) is 6.54 Å². The molecule has 20 heavy (non-hydrogen) atoms. The highest BCUT2D eigenvalue weighted by molar-refractivity contribution is 9.10. The Morgan fingerprint density at radius 1 is 1.05 bits per heavy atom. The Balaban J connectivity index is 2.06. The number of nitrogens with two attached hydrogens (primary N) is 1. The van der Waals surface area contributed by atoms with Gasteiger partial charge in [0.25, 0.3) is 0 Å². The summed E-state index contributed by atoms with van der Waals surface area (Å²) in [6.07, 6.45) is 0.792. The monoisotopic (exact) mass is 401 g/mol. The van der Waals surface area contributed by atoms with E-state index < -0.39 is 0 Å². The fourth-order valence-corrected chi connectivity index (χ4v) is 2.66. The lowest BCUT2D eigenvalue weighted by Crippen LogP contribution is -2.04. The number of hydrogen-bond donors (Lipinski definition) is 1. The maximum absolute atomic E-state index is 13.1. The van der Waals surface area contributed by atoms with Gasteiger partial charge in [0, 0.05) is 4.47 Å². The average molecular weight is 403 g/mol. The van der Waals surface area contributed by atoms with Crippen molar-refractivity contribution in [1.82, 2.24) is 0 Å². The Morgan fingerprint density at radius 3 is 2.55 bits per heavy atom. The number of benzene rings is 2. The molecule has 0 saturated carbocycles. The minimum atomic E-state index is -0.275. The SMILES string of the molecule is NCCc1cc(OCc2ccc(F)c(Br)c2)ccc1Br. The molecule has 2 N–H and O–H groups in total. The van der Waals surface area contributed by atoms with E-state index in [-0.39, 0.29) is 5.82 Å². The molecule has 0 unspecified atom stereocenters. The summed E-state index contributed by atoms with van der Waals surface area (Å²) in [6.45, 7) is 0.982. The minimum Gasteiger partial charge on any atom is -0.489 e. The van der Waals surface area contributed by atoms with Gasteiger partial charge in [-0.15, -0.1) is 0 Å². The van der Waals surface area contributed by atoms with Crippen LogP contribution in [0.5, 0.6) is 5.75 Å². The zero-order valence-corrected chi connectivity index (χ0v) is 13.9.